The molecule has 1 aliphatic rings. The van der Waals surface area contributed by atoms with Crippen LogP contribution in [-0.2, 0) is 0 Å². The predicted octanol–water partition coefficient (Wildman–Crippen LogP) is 2.94. The van der Waals surface area contributed by atoms with E-state index < -0.39 is 0 Å². The van der Waals surface area contributed by atoms with E-state index >= 15 is 0 Å². The van der Waals surface area contributed by atoms with Crippen molar-refractivity contribution in [3.05, 3.63) is 0 Å². The number of unbranched alkanes of at least 4 members (excludes halogenated alkanes) is 1. The van der Waals surface area contributed by atoms with Gasteiger partial charge in [-0.25, -0.2) is 0 Å². The molecule has 0 saturated heterocycles. The Kier molecular flexibility index (Phi) is 4.53. The average molecular weight is 178 g/mol. The Balaban J connectivity index is 2.44. The van der Waals surface area contributed by atoms with Crippen LogP contribution in [-0.4, -0.2) is 12.3 Å². The van der Waals surface area contributed by atoms with Crippen LogP contribution < -0.4 is 0 Å². The second-order valence-corrected chi connectivity index (χ2v) is 3.65. The summed E-state index contributed by atoms with van der Waals surface area (Å²) in [5, 5.41) is 8.89. The number of aliphatic imine (C=N–C) groups is 1. The molecule has 0 radical (unpaired) electrons. The highest BCUT2D eigenvalue weighted by Gasteiger charge is 2.18. The van der Waals surface area contributed by atoms with Crippen molar-refractivity contribution in [2.75, 3.05) is 6.54 Å². The van der Waals surface area contributed by atoms with Crippen molar-refractivity contribution in [1.82, 2.24) is 0 Å². The SMILES string of the molecule is CCCCN=C1CCCCC1C#N. The van der Waals surface area contributed by atoms with Gasteiger partial charge in [0.2, 0.25) is 0 Å². The van der Waals surface area contributed by atoms with Crippen LogP contribution in [0.25, 0.3) is 0 Å². The van der Waals surface area contributed by atoms with Crippen molar-refractivity contribution in [2.24, 2.45) is 10.9 Å². The van der Waals surface area contributed by atoms with Gasteiger partial charge in [0.1, 0.15) is 0 Å². The minimum absolute atomic E-state index is 0.130. The van der Waals surface area contributed by atoms with Crippen molar-refractivity contribution >= 4 is 5.71 Å². The third kappa shape index (κ3) is 3.18. The fourth-order valence-electron chi connectivity index (χ4n) is 1.70. The van der Waals surface area contributed by atoms with Gasteiger partial charge in [-0.3, -0.25) is 4.99 Å². The fraction of sp³-hybridized carbons (Fsp3) is 0.818. The lowest BCUT2D eigenvalue weighted by molar-refractivity contribution is 0.597. The molecule has 2 heteroatoms. The Morgan fingerprint density at radius 1 is 1.54 bits per heavy atom. The summed E-state index contributed by atoms with van der Waals surface area (Å²) in [6.07, 6.45) is 6.85. The molecule has 0 spiro atoms. The van der Waals surface area contributed by atoms with Gasteiger partial charge in [-0.05, 0) is 25.7 Å². The molecule has 1 rings (SSSR count). The van der Waals surface area contributed by atoms with E-state index in [0.717, 1.165) is 25.8 Å². The highest BCUT2D eigenvalue weighted by molar-refractivity contribution is 5.89. The van der Waals surface area contributed by atoms with Gasteiger partial charge in [-0.15, -0.1) is 0 Å². The highest BCUT2D eigenvalue weighted by Crippen LogP contribution is 2.21. The Hall–Kier alpha value is -0.840. The molecule has 0 bridgehead atoms. The second-order valence-electron chi connectivity index (χ2n) is 3.65. The van der Waals surface area contributed by atoms with Gasteiger partial charge in [0, 0.05) is 12.3 Å². The number of hydrogen-bond donors (Lipinski definition) is 0. The summed E-state index contributed by atoms with van der Waals surface area (Å²) in [4.78, 5) is 4.52. The fourth-order valence-corrected chi connectivity index (χ4v) is 1.70. The molecule has 2 nitrogen and oxygen atoms in total. The van der Waals surface area contributed by atoms with Gasteiger partial charge >= 0.3 is 0 Å². The maximum atomic E-state index is 8.89. The van der Waals surface area contributed by atoms with Crippen LogP contribution in [0, 0.1) is 17.2 Å². The van der Waals surface area contributed by atoms with Crippen LogP contribution in [0.1, 0.15) is 45.4 Å². The van der Waals surface area contributed by atoms with Crippen molar-refractivity contribution in [1.29, 1.82) is 5.26 Å². The molecule has 1 unspecified atom stereocenters. The van der Waals surface area contributed by atoms with E-state index in [4.69, 9.17) is 5.26 Å². The molecule has 0 N–H and O–H groups in total. The Labute approximate surface area is 80.7 Å². The third-order valence-electron chi connectivity index (χ3n) is 2.56. The molecule has 0 aliphatic heterocycles. The van der Waals surface area contributed by atoms with E-state index in [2.05, 4.69) is 18.0 Å². The lowest BCUT2D eigenvalue weighted by atomic mass is 9.88. The van der Waals surface area contributed by atoms with E-state index in [1.807, 2.05) is 0 Å². The normalized spacial score (nSPS) is 25.8. The van der Waals surface area contributed by atoms with Crippen LogP contribution in [0.2, 0.25) is 0 Å². The molecule has 1 fully saturated rings. The van der Waals surface area contributed by atoms with Crippen LogP contribution >= 0.6 is 0 Å². The Bertz CT molecular complexity index is 213. The summed E-state index contributed by atoms with van der Waals surface area (Å²) in [7, 11) is 0. The molecular weight excluding hydrogens is 160 g/mol. The summed E-state index contributed by atoms with van der Waals surface area (Å²) >= 11 is 0. The van der Waals surface area contributed by atoms with E-state index in [1.165, 1.54) is 25.0 Å². The van der Waals surface area contributed by atoms with E-state index in [9.17, 15) is 0 Å². The largest absolute Gasteiger partial charge is 0.293 e. The Morgan fingerprint density at radius 2 is 2.38 bits per heavy atom. The zero-order valence-corrected chi connectivity index (χ0v) is 8.42. The predicted molar refractivity (Wildman–Crippen MR) is 54.8 cm³/mol. The van der Waals surface area contributed by atoms with Gasteiger partial charge in [0.05, 0.1) is 12.0 Å². The molecule has 0 aromatic rings. The van der Waals surface area contributed by atoms with E-state index in [1.54, 1.807) is 0 Å². The quantitative estimate of drug-likeness (QED) is 0.612. The van der Waals surface area contributed by atoms with Crippen LogP contribution in [0.15, 0.2) is 4.99 Å². The van der Waals surface area contributed by atoms with Gasteiger partial charge < -0.3 is 0 Å². The van der Waals surface area contributed by atoms with Crippen molar-refractivity contribution < 1.29 is 0 Å². The first-order valence-corrected chi connectivity index (χ1v) is 5.31. The standard InChI is InChI=1S/C11H18N2/c1-2-3-8-13-11-7-5-4-6-10(11)9-12/h10H,2-8H2,1H3. The molecule has 72 valence electrons. The first kappa shape index (κ1) is 10.2. The van der Waals surface area contributed by atoms with Crippen LogP contribution in [0.4, 0.5) is 0 Å². The number of nitriles is 1. The van der Waals surface area contributed by atoms with Crippen molar-refractivity contribution in [3.8, 4) is 6.07 Å². The molecule has 1 atom stereocenters. The first-order valence-electron chi connectivity index (χ1n) is 5.31. The van der Waals surface area contributed by atoms with E-state index in [-0.39, 0.29) is 5.92 Å². The molecule has 13 heavy (non-hydrogen) atoms. The Morgan fingerprint density at radius 3 is 3.08 bits per heavy atom. The molecule has 0 aromatic heterocycles. The smallest absolute Gasteiger partial charge is 0.0841 e. The zero-order valence-electron chi connectivity index (χ0n) is 8.42. The summed E-state index contributed by atoms with van der Waals surface area (Å²) < 4.78 is 0. The van der Waals surface area contributed by atoms with Gasteiger partial charge in [-0.1, -0.05) is 19.8 Å². The summed E-state index contributed by atoms with van der Waals surface area (Å²) in [5.41, 5.74) is 1.17. The molecule has 1 saturated carbocycles. The first-order chi connectivity index (χ1) is 6.38. The van der Waals surface area contributed by atoms with Crippen LogP contribution in [0.5, 0.6) is 0 Å². The van der Waals surface area contributed by atoms with E-state index in [0.29, 0.717) is 0 Å². The van der Waals surface area contributed by atoms with Crippen LogP contribution in [0.3, 0.4) is 0 Å². The summed E-state index contributed by atoms with van der Waals surface area (Å²) in [5.74, 6) is 0.130. The minimum Gasteiger partial charge on any atom is -0.293 e. The molecule has 0 aromatic carbocycles. The van der Waals surface area contributed by atoms with Gasteiger partial charge in [0.15, 0.2) is 0 Å². The summed E-state index contributed by atoms with van der Waals surface area (Å²) in [6, 6.07) is 2.35. The average Bonchev–Trinajstić information content (AvgIpc) is 2.19. The lowest BCUT2D eigenvalue weighted by Gasteiger charge is -2.17. The number of hydrogen-bond acceptors (Lipinski definition) is 2. The second kappa shape index (κ2) is 5.75. The monoisotopic (exact) mass is 178 g/mol. The third-order valence-corrected chi connectivity index (χ3v) is 2.56. The van der Waals surface area contributed by atoms with Crippen molar-refractivity contribution in [3.63, 3.8) is 0 Å². The number of nitrogens with zero attached hydrogens (tertiary/aromatic N) is 2. The number of rotatable bonds is 3. The maximum Gasteiger partial charge on any atom is 0.0841 e. The zero-order chi connectivity index (χ0) is 9.52. The molecular formula is C11H18N2. The summed E-state index contributed by atoms with van der Waals surface area (Å²) in [6.45, 7) is 3.09. The highest BCUT2D eigenvalue weighted by atomic mass is 14.7. The molecule has 0 heterocycles. The molecule has 1 aliphatic carbocycles. The lowest BCUT2D eigenvalue weighted by Crippen LogP contribution is -2.18. The van der Waals surface area contributed by atoms with Gasteiger partial charge in [0.25, 0.3) is 0 Å². The molecule has 0 amide bonds. The maximum absolute atomic E-state index is 8.89. The van der Waals surface area contributed by atoms with Crippen molar-refractivity contribution in [2.45, 2.75) is 45.4 Å². The van der Waals surface area contributed by atoms with Gasteiger partial charge in [-0.2, -0.15) is 5.26 Å². The topological polar surface area (TPSA) is 36.1 Å². The minimum atomic E-state index is 0.130.